The fourth-order valence-corrected chi connectivity index (χ4v) is 4.59. The third-order valence-corrected chi connectivity index (χ3v) is 6.12. The van der Waals surface area contributed by atoms with E-state index in [-0.39, 0.29) is 30.1 Å². The maximum absolute atomic E-state index is 13.1. The van der Waals surface area contributed by atoms with Crippen LogP contribution in [0.25, 0.3) is 0 Å². The maximum atomic E-state index is 13.1. The van der Waals surface area contributed by atoms with Crippen molar-refractivity contribution in [2.75, 3.05) is 31.1 Å². The lowest BCUT2D eigenvalue weighted by Gasteiger charge is -2.33. The van der Waals surface area contributed by atoms with E-state index in [4.69, 9.17) is 0 Å². The summed E-state index contributed by atoms with van der Waals surface area (Å²) < 4.78 is 13.1. The standard InChI is InChI=1S/C20H24FN3O3/c21-15-3-5-16(6-4-15)24-18(25)13-17(20(24)27)22-11-7-14(8-12-22)19(26)23-9-1-2-10-23/h3-6,14,17H,1-2,7-13H2/p+1/t17-/m1/s1. The van der Waals surface area contributed by atoms with Crippen molar-refractivity contribution in [3.05, 3.63) is 30.1 Å². The van der Waals surface area contributed by atoms with Gasteiger partial charge in [-0.1, -0.05) is 0 Å². The summed E-state index contributed by atoms with van der Waals surface area (Å²) in [6, 6.07) is 5.04. The number of benzene rings is 1. The van der Waals surface area contributed by atoms with E-state index < -0.39 is 11.9 Å². The quantitative estimate of drug-likeness (QED) is 0.778. The van der Waals surface area contributed by atoms with Crippen LogP contribution in [0.1, 0.15) is 32.1 Å². The van der Waals surface area contributed by atoms with Crippen LogP contribution in [0.15, 0.2) is 24.3 Å². The molecule has 1 N–H and O–H groups in total. The van der Waals surface area contributed by atoms with Crippen LogP contribution >= 0.6 is 0 Å². The zero-order chi connectivity index (χ0) is 19.0. The zero-order valence-electron chi connectivity index (χ0n) is 15.3. The summed E-state index contributed by atoms with van der Waals surface area (Å²) in [7, 11) is 0. The molecule has 1 aromatic rings. The third-order valence-electron chi connectivity index (χ3n) is 6.12. The van der Waals surface area contributed by atoms with Gasteiger partial charge in [-0.05, 0) is 37.1 Å². The topological polar surface area (TPSA) is 62.1 Å². The van der Waals surface area contributed by atoms with E-state index in [0.29, 0.717) is 5.69 Å². The molecule has 144 valence electrons. The molecule has 3 fully saturated rings. The predicted molar refractivity (Wildman–Crippen MR) is 96.5 cm³/mol. The molecule has 0 spiro atoms. The van der Waals surface area contributed by atoms with Crippen LogP contribution in [0.2, 0.25) is 0 Å². The summed E-state index contributed by atoms with van der Waals surface area (Å²) in [5.74, 6) is -0.546. The fraction of sp³-hybridized carbons (Fsp3) is 0.550. The van der Waals surface area contributed by atoms with E-state index in [9.17, 15) is 18.8 Å². The molecule has 3 saturated heterocycles. The van der Waals surface area contributed by atoms with Crippen LogP contribution in [-0.4, -0.2) is 54.8 Å². The van der Waals surface area contributed by atoms with Crippen LogP contribution in [0.3, 0.4) is 0 Å². The number of rotatable bonds is 3. The number of piperidine rings is 1. The number of amides is 3. The number of hydrogen-bond donors (Lipinski definition) is 1. The molecule has 0 bridgehead atoms. The normalized spacial score (nSPS) is 28.9. The Morgan fingerprint density at radius 3 is 2.30 bits per heavy atom. The number of halogens is 1. The Bertz CT molecular complexity index is 737. The van der Waals surface area contributed by atoms with Crippen molar-refractivity contribution in [3.63, 3.8) is 0 Å². The number of likely N-dealkylation sites (tertiary alicyclic amines) is 2. The zero-order valence-corrected chi connectivity index (χ0v) is 15.3. The minimum absolute atomic E-state index is 0.0484. The molecule has 6 nitrogen and oxygen atoms in total. The van der Waals surface area contributed by atoms with Gasteiger partial charge in [-0.2, -0.15) is 0 Å². The van der Waals surface area contributed by atoms with E-state index in [2.05, 4.69) is 0 Å². The maximum Gasteiger partial charge on any atom is 0.292 e. The molecule has 1 atom stereocenters. The number of quaternary nitrogens is 1. The number of anilines is 1. The molecule has 3 aliphatic rings. The number of imide groups is 1. The van der Waals surface area contributed by atoms with Crippen LogP contribution in [0.5, 0.6) is 0 Å². The third kappa shape index (κ3) is 3.48. The Hall–Kier alpha value is -2.28. The van der Waals surface area contributed by atoms with Gasteiger partial charge in [0.25, 0.3) is 5.91 Å². The molecule has 4 rings (SSSR count). The first-order valence-electron chi connectivity index (χ1n) is 9.80. The summed E-state index contributed by atoms with van der Waals surface area (Å²) in [6.45, 7) is 3.19. The SMILES string of the molecule is O=C(C1CC[NH+]([C@@H]2CC(=O)N(c3ccc(F)cc3)C2=O)CC1)N1CCCC1. The average Bonchev–Trinajstić information content (AvgIpc) is 3.31. The molecule has 27 heavy (non-hydrogen) atoms. The van der Waals surface area contributed by atoms with Crippen molar-refractivity contribution in [1.29, 1.82) is 0 Å². The largest absolute Gasteiger partial charge is 0.342 e. The first kappa shape index (κ1) is 18.1. The average molecular weight is 374 g/mol. The van der Waals surface area contributed by atoms with Crippen molar-refractivity contribution < 1.29 is 23.7 Å². The molecule has 0 aliphatic carbocycles. The molecule has 0 aromatic heterocycles. The lowest BCUT2D eigenvalue weighted by Crippen LogP contribution is -3.17. The van der Waals surface area contributed by atoms with Crippen LogP contribution in [0, 0.1) is 11.7 Å². The van der Waals surface area contributed by atoms with Gasteiger partial charge in [-0.25, -0.2) is 9.29 Å². The number of nitrogens with one attached hydrogen (secondary N) is 1. The molecule has 7 heteroatoms. The van der Waals surface area contributed by atoms with Gasteiger partial charge in [0.15, 0.2) is 6.04 Å². The second-order valence-corrected chi connectivity index (χ2v) is 7.77. The summed E-state index contributed by atoms with van der Waals surface area (Å²) in [5.41, 5.74) is 0.424. The Balaban J connectivity index is 1.38. The van der Waals surface area contributed by atoms with Crippen molar-refractivity contribution in [2.24, 2.45) is 5.92 Å². The first-order chi connectivity index (χ1) is 13.0. The molecule has 0 saturated carbocycles. The van der Waals surface area contributed by atoms with Gasteiger partial charge in [-0.3, -0.25) is 14.4 Å². The Morgan fingerprint density at radius 2 is 1.67 bits per heavy atom. The monoisotopic (exact) mass is 374 g/mol. The second kappa shape index (κ2) is 7.38. The molecule has 0 radical (unpaired) electrons. The smallest absolute Gasteiger partial charge is 0.292 e. The van der Waals surface area contributed by atoms with Crippen molar-refractivity contribution in [2.45, 2.75) is 38.1 Å². The van der Waals surface area contributed by atoms with Gasteiger partial charge in [0.1, 0.15) is 5.82 Å². The van der Waals surface area contributed by atoms with Gasteiger partial charge in [0.05, 0.1) is 25.2 Å². The van der Waals surface area contributed by atoms with Crippen LogP contribution < -0.4 is 9.80 Å². The molecule has 3 amide bonds. The molecular weight excluding hydrogens is 349 g/mol. The van der Waals surface area contributed by atoms with Crippen LogP contribution in [0.4, 0.5) is 10.1 Å². The van der Waals surface area contributed by atoms with E-state index in [0.717, 1.165) is 56.8 Å². The summed E-state index contributed by atoms with van der Waals surface area (Å²) in [5, 5.41) is 0. The molecule has 3 heterocycles. The lowest BCUT2D eigenvalue weighted by molar-refractivity contribution is -0.920. The van der Waals surface area contributed by atoms with Gasteiger partial charge in [0.2, 0.25) is 11.8 Å². The first-order valence-corrected chi connectivity index (χ1v) is 9.80. The minimum Gasteiger partial charge on any atom is -0.342 e. The van der Waals surface area contributed by atoms with E-state index >= 15 is 0 Å². The van der Waals surface area contributed by atoms with Gasteiger partial charge < -0.3 is 9.80 Å². The summed E-state index contributed by atoms with van der Waals surface area (Å²) in [4.78, 5) is 42.0. The highest BCUT2D eigenvalue weighted by molar-refractivity contribution is 6.21. The van der Waals surface area contributed by atoms with Gasteiger partial charge in [-0.15, -0.1) is 0 Å². The predicted octanol–water partition coefficient (Wildman–Crippen LogP) is 0.375. The highest BCUT2D eigenvalue weighted by Gasteiger charge is 2.47. The van der Waals surface area contributed by atoms with Gasteiger partial charge >= 0.3 is 0 Å². The van der Waals surface area contributed by atoms with E-state index in [1.54, 1.807) is 0 Å². The van der Waals surface area contributed by atoms with E-state index in [1.807, 2.05) is 4.90 Å². The number of carbonyl (C=O) groups excluding carboxylic acids is 3. The van der Waals surface area contributed by atoms with Crippen molar-refractivity contribution >= 4 is 23.4 Å². The summed E-state index contributed by atoms with van der Waals surface area (Å²) >= 11 is 0. The molecule has 3 aliphatic heterocycles. The molecule has 1 aromatic carbocycles. The van der Waals surface area contributed by atoms with Crippen molar-refractivity contribution in [1.82, 2.24) is 4.90 Å². The number of nitrogens with zero attached hydrogens (tertiary/aromatic N) is 2. The lowest BCUT2D eigenvalue weighted by atomic mass is 9.94. The Morgan fingerprint density at radius 1 is 1.04 bits per heavy atom. The summed E-state index contributed by atoms with van der Waals surface area (Å²) in [6.07, 6.45) is 3.89. The second-order valence-electron chi connectivity index (χ2n) is 7.77. The van der Waals surface area contributed by atoms with Gasteiger partial charge in [0, 0.05) is 31.8 Å². The van der Waals surface area contributed by atoms with E-state index in [1.165, 1.54) is 29.2 Å². The number of hydrogen-bond acceptors (Lipinski definition) is 3. The minimum atomic E-state index is -0.398. The molecular formula is C20H25FN3O3+. The highest BCUT2D eigenvalue weighted by atomic mass is 19.1. The van der Waals surface area contributed by atoms with Crippen LogP contribution in [-0.2, 0) is 14.4 Å². The fourth-order valence-electron chi connectivity index (χ4n) is 4.59. The Labute approximate surface area is 157 Å². The Kier molecular flexibility index (Phi) is 4.95. The van der Waals surface area contributed by atoms with Crippen molar-refractivity contribution in [3.8, 4) is 0 Å². The molecule has 0 unspecified atom stereocenters. The highest BCUT2D eigenvalue weighted by Crippen LogP contribution is 2.23. The number of carbonyl (C=O) groups is 3.